The number of benzene rings is 1. The maximum absolute atomic E-state index is 11.5. The molecule has 0 bridgehead atoms. The van der Waals surface area contributed by atoms with Crippen molar-refractivity contribution < 1.29 is 20.1 Å². The number of primary amides is 1. The van der Waals surface area contributed by atoms with Crippen molar-refractivity contribution in [1.29, 1.82) is 0 Å². The predicted octanol–water partition coefficient (Wildman–Crippen LogP) is -0.925. The molecule has 0 aliphatic heterocycles. The smallest absolute Gasteiger partial charge is 0.235 e. The van der Waals surface area contributed by atoms with Gasteiger partial charge in [0, 0.05) is 13.1 Å². The first-order chi connectivity index (χ1) is 9.08. The molecule has 0 fully saturated rings. The summed E-state index contributed by atoms with van der Waals surface area (Å²) in [6.45, 7) is 0.317. The average molecular weight is 268 g/mol. The van der Waals surface area contributed by atoms with Gasteiger partial charge < -0.3 is 21.1 Å². The van der Waals surface area contributed by atoms with Gasteiger partial charge in [0.2, 0.25) is 5.91 Å². The minimum atomic E-state index is -0.594. The zero-order chi connectivity index (χ0) is 14.3. The maximum Gasteiger partial charge on any atom is 0.235 e. The predicted molar refractivity (Wildman–Crippen MR) is 70.5 cm³/mol. The van der Waals surface area contributed by atoms with E-state index in [4.69, 9.17) is 15.9 Å². The van der Waals surface area contributed by atoms with Gasteiger partial charge in [-0.1, -0.05) is 12.1 Å². The largest absolute Gasteiger partial charge is 0.508 e. The molecule has 0 radical (unpaired) electrons. The van der Waals surface area contributed by atoms with E-state index in [1.807, 2.05) is 0 Å². The molecule has 1 aromatic rings. The highest BCUT2D eigenvalue weighted by molar-refractivity contribution is 5.80. The van der Waals surface area contributed by atoms with Gasteiger partial charge in [0.25, 0.3) is 0 Å². The standard InChI is InChI=1S/C13H20N2O4/c14-13(19)12(15(5-7-16)6-8-17)9-10-1-3-11(18)4-2-10/h1-4,12,16-18H,5-9H2,(H2,14,19)/t12-/m0/s1. The summed E-state index contributed by atoms with van der Waals surface area (Å²) in [6.07, 6.45) is 0.371. The van der Waals surface area contributed by atoms with E-state index < -0.39 is 11.9 Å². The zero-order valence-corrected chi connectivity index (χ0v) is 10.7. The Morgan fingerprint density at radius 2 is 1.68 bits per heavy atom. The lowest BCUT2D eigenvalue weighted by molar-refractivity contribution is -0.123. The molecular weight excluding hydrogens is 248 g/mol. The van der Waals surface area contributed by atoms with E-state index in [2.05, 4.69) is 0 Å². The first-order valence-electron chi connectivity index (χ1n) is 6.11. The molecule has 1 atom stereocenters. The normalized spacial score (nSPS) is 12.6. The number of aliphatic hydroxyl groups excluding tert-OH is 2. The highest BCUT2D eigenvalue weighted by atomic mass is 16.3. The number of amides is 1. The molecule has 6 heteroatoms. The fourth-order valence-corrected chi connectivity index (χ4v) is 1.95. The van der Waals surface area contributed by atoms with Gasteiger partial charge in [-0.15, -0.1) is 0 Å². The van der Waals surface area contributed by atoms with E-state index in [-0.39, 0.29) is 32.1 Å². The van der Waals surface area contributed by atoms with Crippen molar-refractivity contribution in [2.24, 2.45) is 5.73 Å². The minimum absolute atomic E-state index is 0.112. The summed E-state index contributed by atoms with van der Waals surface area (Å²) in [5.74, 6) is -0.350. The van der Waals surface area contributed by atoms with Crippen molar-refractivity contribution >= 4 is 5.91 Å². The van der Waals surface area contributed by atoms with Crippen LogP contribution in [-0.4, -0.2) is 58.5 Å². The van der Waals surface area contributed by atoms with Crippen LogP contribution in [0.5, 0.6) is 5.75 Å². The lowest BCUT2D eigenvalue weighted by Gasteiger charge is -2.28. The number of phenols is 1. The van der Waals surface area contributed by atoms with Gasteiger partial charge in [0.1, 0.15) is 5.75 Å². The Balaban J connectivity index is 2.80. The van der Waals surface area contributed by atoms with Crippen LogP contribution in [0.25, 0.3) is 0 Å². The molecule has 19 heavy (non-hydrogen) atoms. The number of hydrogen-bond donors (Lipinski definition) is 4. The summed E-state index contributed by atoms with van der Waals surface area (Å²) in [6, 6.07) is 5.90. The molecule has 1 amide bonds. The lowest BCUT2D eigenvalue weighted by Crippen LogP contribution is -2.48. The van der Waals surface area contributed by atoms with Crippen LogP contribution in [0.15, 0.2) is 24.3 Å². The third kappa shape index (κ3) is 4.86. The minimum Gasteiger partial charge on any atom is -0.508 e. The Morgan fingerprint density at radius 3 is 2.11 bits per heavy atom. The molecule has 1 aromatic carbocycles. The van der Waals surface area contributed by atoms with Crippen LogP contribution in [0.1, 0.15) is 5.56 Å². The summed E-state index contributed by atoms with van der Waals surface area (Å²) in [4.78, 5) is 13.2. The van der Waals surface area contributed by atoms with E-state index in [0.29, 0.717) is 6.42 Å². The first-order valence-corrected chi connectivity index (χ1v) is 6.11. The molecule has 5 N–H and O–H groups in total. The highest BCUT2D eigenvalue weighted by Gasteiger charge is 2.23. The van der Waals surface area contributed by atoms with Crippen molar-refractivity contribution in [3.63, 3.8) is 0 Å². The van der Waals surface area contributed by atoms with Crippen LogP contribution < -0.4 is 5.73 Å². The van der Waals surface area contributed by atoms with Gasteiger partial charge in [-0.05, 0) is 24.1 Å². The van der Waals surface area contributed by atoms with Crippen molar-refractivity contribution in [3.8, 4) is 5.75 Å². The maximum atomic E-state index is 11.5. The van der Waals surface area contributed by atoms with Crippen molar-refractivity contribution in [1.82, 2.24) is 4.90 Å². The number of phenolic OH excluding ortho intramolecular Hbond substituents is 1. The second-order valence-corrected chi connectivity index (χ2v) is 4.27. The summed E-state index contributed by atoms with van der Waals surface area (Å²) < 4.78 is 0. The van der Waals surface area contributed by atoms with E-state index >= 15 is 0 Å². The van der Waals surface area contributed by atoms with Gasteiger partial charge in [-0.2, -0.15) is 0 Å². The third-order valence-corrected chi connectivity index (χ3v) is 2.91. The van der Waals surface area contributed by atoms with Crippen molar-refractivity contribution in [2.75, 3.05) is 26.3 Å². The molecule has 0 saturated heterocycles. The lowest BCUT2D eigenvalue weighted by atomic mass is 10.0. The number of aliphatic hydroxyl groups is 2. The molecule has 0 aliphatic rings. The van der Waals surface area contributed by atoms with Crippen LogP contribution in [0.3, 0.4) is 0 Å². The van der Waals surface area contributed by atoms with E-state index in [1.54, 1.807) is 17.0 Å². The first kappa shape index (κ1) is 15.4. The Hall–Kier alpha value is -1.63. The molecular formula is C13H20N2O4. The number of aromatic hydroxyl groups is 1. The van der Waals surface area contributed by atoms with Crippen molar-refractivity contribution in [2.45, 2.75) is 12.5 Å². The van der Waals surface area contributed by atoms with Gasteiger partial charge in [-0.3, -0.25) is 9.69 Å². The topological polar surface area (TPSA) is 107 Å². The van der Waals surface area contributed by atoms with Crippen LogP contribution in [-0.2, 0) is 11.2 Å². The van der Waals surface area contributed by atoms with E-state index in [9.17, 15) is 9.90 Å². The Morgan fingerprint density at radius 1 is 1.16 bits per heavy atom. The molecule has 0 heterocycles. The fraction of sp³-hybridized carbons (Fsp3) is 0.462. The van der Waals surface area contributed by atoms with Gasteiger partial charge in [0.15, 0.2) is 0 Å². The van der Waals surface area contributed by atoms with E-state index in [1.165, 1.54) is 12.1 Å². The molecule has 0 unspecified atom stereocenters. The monoisotopic (exact) mass is 268 g/mol. The van der Waals surface area contributed by atoms with Crippen LogP contribution >= 0.6 is 0 Å². The fourth-order valence-electron chi connectivity index (χ4n) is 1.95. The molecule has 1 rings (SSSR count). The van der Waals surface area contributed by atoms with Crippen molar-refractivity contribution in [3.05, 3.63) is 29.8 Å². The average Bonchev–Trinajstić information content (AvgIpc) is 2.37. The molecule has 0 aromatic heterocycles. The highest BCUT2D eigenvalue weighted by Crippen LogP contribution is 2.13. The Labute approximate surface area is 112 Å². The molecule has 0 saturated carbocycles. The quantitative estimate of drug-likeness (QED) is 0.487. The number of nitrogens with two attached hydrogens (primary N) is 1. The number of hydrogen-bond acceptors (Lipinski definition) is 5. The number of nitrogens with zero attached hydrogens (tertiary/aromatic N) is 1. The molecule has 6 nitrogen and oxygen atoms in total. The number of rotatable bonds is 8. The molecule has 0 spiro atoms. The van der Waals surface area contributed by atoms with Crippen LogP contribution in [0, 0.1) is 0 Å². The van der Waals surface area contributed by atoms with Crippen LogP contribution in [0.2, 0.25) is 0 Å². The van der Waals surface area contributed by atoms with Crippen LogP contribution in [0.4, 0.5) is 0 Å². The zero-order valence-electron chi connectivity index (χ0n) is 10.7. The number of carbonyl (C=O) groups is 1. The third-order valence-electron chi connectivity index (χ3n) is 2.91. The number of carbonyl (C=O) groups excluding carboxylic acids is 1. The summed E-state index contributed by atoms with van der Waals surface area (Å²) in [5, 5.41) is 27.2. The van der Waals surface area contributed by atoms with Gasteiger partial charge in [-0.25, -0.2) is 0 Å². The Kier molecular flexibility index (Phi) is 6.27. The van der Waals surface area contributed by atoms with Gasteiger partial charge in [0.05, 0.1) is 19.3 Å². The molecule has 0 aliphatic carbocycles. The van der Waals surface area contributed by atoms with E-state index in [0.717, 1.165) is 5.56 Å². The second kappa shape index (κ2) is 7.73. The Bertz CT molecular complexity index is 388. The summed E-state index contributed by atoms with van der Waals surface area (Å²) >= 11 is 0. The second-order valence-electron chi connectivity index (χ2n) is 4.27. The molecule has 106 valence electrons. The summed E-state index contributed by atoms with van der Waals surface area (Å²) in [7, 11) is 0. The SMILES string of the molecule is NC(=O)[C@H](Cc1ccc(O)cc1)N(CCO)CCO. The summed E-state index contributed by atoms with van der Waals surface area (Å²) in [5.41, 5.74) is 6.23. The van der Waals surface area contributed by atoms with Gasteiger partial charge >= 0.3 is 0 Å².